The molecule has 0 fully saturated rings. The zero-order chi connectivity index (χ0) is 21.1. The van der Waals surface area contributed by atoms with Gasteiger partial charge in [0.1, 0.15) is 11.3 Å². The van der Waals surface area contributed by atoms with Crippen LogP contribution in [-0.4, -0.2) is 15.5 Å². The second-order valence-corrected chi connectivity index (χ2v) is 7.06. The van der Waals surface area contributed by atoms with Crippen molar-refractivity contribution in [1.29, 1.82) is 0 Å². The highest BCUT2D eigenvalue weighted by molar-refractivity contribution is 6.08. The Labute approximate surface area is 173 Å². The highest BCUT2D eigenvalue weighted by Gasteiger charge is 2.24. The minimum absolute atomic E-state index is 0.0489. The molecule has 30 heavy (non-hydrogen) atoms. The Kier molecular flexibility index (Phi) is 5.30. The third kappa shape index (κ3) is 3.80. The smallest absolute Gasteiger partial charge is 0.261 e. The van der Waals surface area contributed by atoms with E-state index in [9.17, 15) is 9.59 Å². The van der Waals surface area contributed by atoms with Crippen molar-refractivity contribution in [2.75, 3.05) is 5.32 Å². The lowest BCUT2D eigenvalue weighted by molar-refractivity contribution is 0.102. The molecular weight excluding hydrogens is 378 g/mol. The zero-order valence-electron chi connectivity index (χ0n) is 16.8. The van der Waals surface area contributed by atoms with Crippen LogP contribution in [0.2, 0.25) is 0 Å². The summed E-state index contributed by atoms with van der Waals surface area (Å²) in [6.45, 7) is 4.22. The van der Waals surface area contributed by atoms with Gasteiger partial charge in [-0.1, -0.05) is 18.2 Å². The van der Waals surface area contributed by atoms with Crippen molar-refractivity contribution in [2.45, 2.75) is 20.4 Å². The van der Waals surface area contributed by atoms with E-state index in [0.717, 1.165) is 16.8 Å². The molecule has 0 aliphatic rings. The number of anilines is 1. The van der Waals surface area contributed by atoms with Crippen LogP contribution < -0.4 is 10.7 Å². The van der Waals surface area contributed by atoms with E-state index in [2.05, 4.69) is 10.3 Å². The number of nitrogens with one attached hydrogen (secondary N) is 1. The summed E-state index contributed by atoms with van der Waals surface area (Å²) < 4.78 is 7.54. The van der Waals surface area contributed by atoms with Crippen LogP contribution in [0.4, 0.5) is 5.69 Å². The van der Waals surface area contributed by atoms with Crippen molar-refractivity contribution >= 4 is 11.6 Å². The lowest BCUT2D eigenvalue weighted by atomic mass is 10.1. The fourth-order valence-corrected chi connectivity index (χ4v) is 3.43. The molecule has 1 amide bonds. The van der Waals surface area contributed by atoms with Gasteiger partial charge in [0.2, 0.25) is 0 Å². The highest BCUT2D eigenvalue weighted by Crippen LogP contribution is 2.26. The number of amides is 1. The van der Waals surface area contributed by atoms with Gasteiger partial charge in [-0.2, -0.15) is 0 Å². The predicted molar refractivity (Wildman–Crippen MR) is 116 cm³/mol. The number of pyridine rings is 2. The van der Waals surface area contributed by atoms with Gasteiger partial charge in [0.05, 0.1) is 6.26 Å². The maximum Gasteiger partial charge on any atom is 0.261 e. The molecule has 0 aliphatic heterocycles. The Morgan fingerprint density at radius 1 is 1.07 bits per heavy atom. The molecule has 0 bridgehead atoms. The van der Waals surface area contributed by atoms with E-state index in [0.29, 0.717) is 23.7 Å². The maximum atomic E-state index is 13.2. The number of carbonyl (C=O) groups is 1. The standard InChI is InChI=1S/C24H21N3O3/c1-16-6-3-4-7-19(16)26-24(29)22-20(28)14-17(2)27(15-18-9-11-25-12-10-18)23(22)21-8-5-13-30-21/h3-14H,15H2,1-2H3,(H,26,29). The second kappa shape index (κ2) is 8.21. The van der Waals surface area contributed by atoms with Crippen molar-refractivity contribution in [1.82, 2.24) is 9.55 Å². The molecule has 150 valence electrons. The van der Waals surface area contributed by atoms with E-state index >= 15 is 0 Å². The van der Waals surface area contributed by atoms with Gasteiger partial charge in [-0.25, -0.2) is 0 Å². The topological polar surface area (TPSA) is 77.1 Å². The highest BCUT2D eigenvalue weighted by atomic mass is 16.3. The molecule has 0 aliphatic carbocycles. The minimum Gasteiger partial charge on any atom is -0.463 e. The van der Waals surface area contributed by atoms with E-state index < -0.39 is 5.91 Å². The Morgan fingerprint density at radius 3 is 2.53 bits per heavy atom. The number of para-hydroxylation sites is 1. The molecule has 0 saturated carbocycles. The summed E-state index contributed by atoms with van der Waals surface area (Å²) in [5, 5.41) is 2.88. The van der Waals surface area contributed by atoms with Crippen molar-refractivity contribution in [3.8, 4) is 11.5 Å². The van der Waals surface area contributed by atoms with Crippen LogP contribution >= 0.6 is 0 Å². The largest absolute Gasteiger partial charge is 0.463 e. The SMILES string of the molecule is Cc1ccccc1NC(=O)c1c(-c2ccco2)n(Cc2ccncc2)c(C)cc1=O. The molecule has 0 unspecified atom stereocenters. The van der Waals surface area contributed by atoms with Gasteiger partial charge in [0, 0.05) is 36.4 Å². The first-order valence-electron chi connectivity index (χ1n) is 9.59. The van der Waals surface area contributed by atoms with Gasteiger partial charge >= 0.3 is 0 Å². The van der Waals surface area contributed by atoms with Crippen molar-refractivity contribution < 1.29 is 9.21 Å². The Morgan fingerprint density at radius 2 is 1.83 bits per heavy atom. The van der Waals surface area contributed by atoms with E-state index in [1.165, 1.54) is 12.3 Å². The van der Waals surface area contributed by atoms with E-state index in [-0.39, 0.29) is 11.0 Å². The number of nitrogens with zero attached hydrogens (tertiary/aromatic N) is 2. The normalized spacial score (nSPS) is 10.7. The summed E-state index contributed by atoms with van der Waals surface area (Å²) in [6.07, 6.45) is 4.96. The Balaban J connectivity index is 1.87. The summed E-state index contributed by atoms with van der Waals surface area (Å²) >= 11 is 0. The molecule has 3 aromatic heterocycles. The average molecular weight is 399 g/mol. The summed E-state index contributed by atoms with van der Waals surface area (Å²) in [5.41, 5.74) is 3.45. The third-order valence-corrected chi connectivity index (χ3v) is 4.98. The molecule has 1 aromatic carbocycles. The summed E-state index contributed by atoms with van der Waals surface area (Å²) in [5.74, 6) is -0.0102. The lowest BCUT2D eigenvalue weighted by Crippen LogP contribution is -2.27. The summed E-state index contributed by atoms with van der Waals surface area (Å²) in [6, 6.07) is 16.2. The zero-order valence-corrected chi connectivity index (χ0v) is 16.8. The Bertz CT molecular complexity index is 1240. The number of hydrogen-bond acceptors (Lipinski definition) is 4. The average Bonchev–Trinajstić information content (AvgIpc) is 3.26. The monoisotopic (exact) mass is 399 g/mol. The molecular formula is C24H21N3O3. The van der Waals surface area contributed by atoms with Crippen LogP contribution in [0.5, 0.6) is 0 Å². The molecule has 1 N–H and O–H groups in total. The predicted octanol–water partition coefficient (Wildman–Crippen LogP) is 4.42. The minimum atomic E-state index is -0.468. The molecule has 0 saturated heterocycles. The third-order valence-electron chi connectivity index (χ3n) is 4.98. The van der Waals surface area contributed by atoms with Crippen LogP contribution in [0, 0.1) is 13.8 Å². The number of rotatable bonds is 5. The van der Waals surface area contributed by atoms with Gasteiger partial charge in [0.25, 0.3) is 5.91 Å². The number of carbonyl (C=O) groups excluding carboxylic acids is 1. The lowest BCUT2D eigenvalue weighted by Gasteiger charge is -2.19. The number of benzene rings is 1. The van der Waals surface area contributed by atoms with Crippen molar-refractivity contribution in [2.24, 2.45) is 0 Å². The molecule has 6 heteroatoms. The molecule has 6 nitrogen and oxygen atoms in total. The van der Waals surface area contributed by atoms with Crippen LogP contribution in [-0.2, 0) is 6.54 Å². The van der Waals surface area contributed by atoms with Gasteiger partial charge in [-0.05, 0) is 55.3 Å². The van der Waals surface area contributed by atoms with Crippen molar-refractivity contribution in [3.05, 3.63) is 106 Å². The molecule has 3 heterocycles. The van der Waals surface area contributed by atoms with E-state index in [4.69, 9.17) is 4.42 Å². The summed E-state index contributed by atoms with van der Waals surface area (Å²) in [7, 11) is 0. The molecule has 0 atom stereocenters. The molecule has 0 spiro atoms. The summed E-state index contributed by atoms with van der Waals surface area (Å²) in [4.78, 5) is 30.2. The quantitative estimate of drug-likeness (QED) is 0.539. The molecule has 4 aromatic rings. The first-order valence-corrected chi connectivity index (χ1v) is 9.59. The van der Waals surface area contributed by atoms with Crippen LogP contribution in [0.3, 0.4) is 0 Å². The first kappa shape index (κ1) is 19.4. The molecule has 4 rings (SSSR count). The maximum absolute atomic E-state index is 13.2. The fraction of sp³-hybridized carbons (Fsp3) is 0.125. The van der Waals surface area contributed by atoms with Gasteiger partial charge in [-0.15, -0.1) is 0 Å². The molecule has 0 radical (unpaired) electrons. The number of hydrogen-bond donors (Lipinski definition) is 1. The first-order chi connectivity index (χ1) is 14.5. The number of aryl methyl sites for hydroxylation is 2. The fourth-order valence-electron chi connectivity index (χ4n) is 3.43. The van der Waals surface area contributed by atoms with Crippen LogP contribution in [0.25, 0.3) is 11.5 Å². The Hall–Kier alpha value is -3.93. The van der Waals surface area contributed by atoms with E-state index in [1.54, 1.807) is 24.5 Å². The number of furan rings is 1. The van der Waals surface area contributed by atoms with E-state index in [1.807, 2.05) is 54.8 Å². The van der Waals surface area contributed by atoms with Gasteiger partial charge in [-0.3, -0.25) is 14.6 Å². The second-order valence-electron chi connectivity index (χ2n) is 7.06. The van der Waals surface area contributed by atoms with Gasteiger partial charge in [0.15, 0.2) is 11.2 Å². The van der Waals surface area contributed by atoms with Crippen LogP contribution in [0.1, 0.15) is 27.2 Å². The van der Waals surface area contributed by atoms with Gasteiger partial charge < -0.3 is 14.3 Å². The van der Waals surface area contributed by atoms with Crippen LogP contribution in [0.15, 0.2) is 82.5 Å². The number of aromatic nitrogens is 2. The van der Waals surface area contributed by atoms with Crippen molar-refractivity contribution in [3.63, 3.8) is 0 Å².